The van der Waals surface area contributed by atoms with Crippen LogP contribution in [-0.2, 0) is 4.79 Å². The van der Waals surface area contributed by atoms with Crippen LogP contribution in [0.2, 0.25) is 0 Å². The molecule has 0 bridgehead atoms. The molecule has 2 N–H and O–H groups in total. The van der Waals surface area contributed by atoms with Crippen LogP contribution in [0, 0.1) is 13.8 Å². The van der Waals surface area contributed by atoms with Gasteiger partial charge >= 0.3 is 0 Å². The van der Waals surface area contributed by atoms with Gasteiger partial charge < -0.3 is 10.6 Å². The van der Waals surface area contributed by atoms with Gasteiger partial charge in [-0.05, 0) is 26.8 Å². The molecule has 1 heterocycles. The van der Waals surface area contributed by atoms with Crippen molar-refractivity contribution in [2.75, 3.05) is 13.1 Å². The summed E-state index contributed by atoms with van der Waals surface area (Å²) < 4.78 is 0. The Balaban J connectivity index is 2.53. The summed E-state index contributed by atoms with van der Waals surface area (Å²) in [6.45, 7) is 6.30. The van der Waals surface area contributed by atoms with Gasteiger partial charge in [0.05, 0.1) is 12.1 Å². The minimum absolute atomic E-state index is 0.0288. The predicted molar refractivity (Wildman–Crippen MR) is 64.8 cm³/mol. The van der Waals surface area contributed by atoms with E-state index in [-0.39, 0.29) is 18.4 Å². The van der Waals surface area contributed by atoms with E-state index in [9.17, 15) is 9.59 Å². The van der Waals surface area contributed by atoms with E-state index in [0.29, 0.717) is 12.1 Å². The van der Waals surface area contributed by atoms with Crippen LogP contribution in [0.3, 0.4) is 0 Å². The number of nitrogens with one attached hydrogen (secondary N) is 2. The Morgan fingerprint density at radius 3 is 2.50 bits per heavy atom. The highest BCUT2D eigenvalue weighted by molar-refractivity contribution is 7.12. The van der Waals surface area contributed by atoms with Crippen LogP contribution in [0.25, 0.3) is 0 Å². The molecule has 0 aromatic carbocycles. The molecule has 0 unspecified atom stereocenters. The molecule has 0 aliphatic rings. The maximum atomic E-state index is 11.7. The second-order valence-electron chi connectivity index (χ2n) is 3.46. The fourth-order valence-corrected chi connectivity index (χ4v) is 2.29. The molecule has 0 saturated carbocycles. The van der Waals surface area contributed by atoms with E-state index in [2.05, 4.69) is 10.6 Å². The van der Waals surface area contributed by atoms with Crippen molar-refractivity contribution in [3.05, 3.63) is 21.4 Å². The summed E-state index contributed by atoms with van der Waals surface area (Å²) in [6.07, 6.45) is 0. The summed E-state index contributed by atoms with van der Waals surface area (Å²) in [6, 6.07) is 1.84. The predicted octanol–water partition coefficient (Wildman–Crippen LogP) is 1.23. The molecule has 0 aliphatic heterocycles. The van der Waals surface area contributed by atoms with Crippen molar-refractivity contribution >= 4 is 23.2 Å². The molecule has 1 aromatic rings. The topological polar surface area (TPSA) is 58.2 Å². The van der Waals surface area contributed by atoms with E-state index in [0.717, 1.165) is 9.75 Å². The van der Waals surface area contributed by atoms with Gasteiger partial charge in [0.25, 0.3) is 5.91 Å². The Hall–Kier alpha value is -1.36. The van der Waals surface area contributed by atoms with Crippen molar-refractivity contribution in [3.63, 3.8) is 0 Å². The van der Waals surface area contributed by atoms with Gasteiger partial charge in [-0.25, -0.2) is 0 Å². The summed E-state index contributed by atoms with van der Waals surface area (Å²) in [5.74, 6) is -0.353. The molecule has 2 amide bonds. The molecule has 1 aromatic heterocycles. The van der Waals surface area contributed by atoms with Crippen LogP contribution in [0.15, 0.2) is 6.07 Å². The molecule has 1 rings (SSSR count). The zero-order chi connectivity index (χ0) is 12.1. The molecule has 4 nitrogen and oxygen atoms in total. The Labute approximate surface area is 99.0 Å². The van der Waals surface area contributed by atoms with Gasteiger partial charge in [-0.1, -0.05) is 0 Å². The van der Waals surface area contributed by atoms with Crippen LogP contribution in [0.1, 0.15) is 27.0 Å². The lowest BCUT2D eigenvalue weighted by molar-refractivity contribution is -0.120. The molecule has 0 radical (unpaired) electrons. The van der Waals surface area contributed by atoms with E-state index in [4.69, 9.17) is 0 Å². The average Bonchev–Trinajstić information content (AvgIpc) is 2.55. The third-order valence-electron chi connectivity index (χ3n) is 2.07. The van der Waals surface area contributed by atoms with Crippen LogP contribution in [-0.4, -0.2) is 24.9 Å². The Bertz CT molecular complexity index is 399. The number of hydrogen-bond acceptors (Lipinski definition) is 3. The number of amides is 2. The smallest absolute Gasteiger partial charge is 0.252 e. The minimum atomic E-state index is -0.187. The van der Waals surface area contributed by atoms with Crippen LogP contribution >= 0.6 is 11.3 Å². The summed E-state index contributed by atoms with van der Waals surface area (Å²) in [5.41, 5.74) is 0.659. The van der Waals surface area contributed by atoms with Gasteiger partial charge in [0.15, 0.2) is 0 Å². The maximum Gasteiger partial charge on any atom is 0.252 e. The highest BCUT2D eigenvalue weighted by atomic mass is 32.1. The standard InChI is InChI=1S/C11H16N2O2S/c1-4-12-10(14)6-13-11(15)9-5-7(2)16-8(9)3/h5H,4,6H2,1-3H3,(H,12,14)(H,13,15). The Kier molecular flexibility index (Phi) is 4.49. The number of rotatable bonds is 4. The van der Waals surface area contributed by atoms with Gasteiger partial charge in [0.2, 0.25) is 5.91 Å². The quantitative estimate of drug-likeness (QED) is 0.831. The first kappa shape index (κ1) is 12.7. The number of hydrogen-bond donors (Lipinski definition) is 2. The lowest BCUT2D eigenvalue weighted by Gasteiger charge is -2.04. The number of likely N-dealkylation sites (N-methyl/N-ethyl adjacent to an activating group) is 1. The maximum absolute atomic E-state index is 11.7. The normalized spacial score (nSPS) is 9.94. The number of carbonyl (C=O) groups excluding carboxylic acids is 2. The van der Waals surface area contributed by atoms with Gasteiger partial charge in [-0.2, -0.15) is 0 Å². The molecular weight excluding hydrogens is 224 g/mol. The molecular formula is C11H16N2O2S. The zero-order valence-electron chi connectivity index (χ0n) is 9.72. The average molecular weight is 240 g/mol. The van der Waals surface area contributed by atoms with E-state index in [1.807, 2.05) is 26.8 Å². The molecule has 0 spiro atoms. The van der Waals surface area contributed by atoms with E-state index in [1.54, 1.807) is 11.3 Å². The van der Waals surface area contributed by atoms with Crippen molar-refractivity contribution in [1.82, 2.24) is 10.6 Å². The van der Waals surface area contributed by atoms with Gasteiger partial charge in [-0.3, -0.25) is 9.59 Å². The Morgan fingerprint density at radius 2 is 2.00 bits per heavy atom. The zero-order valence-corrected chi connectivity index (χ0v) is 10.5. The van der Waals surface area contributed by atoms with Crippen LogP contribution in [0.4, 0.5) is 0 Å². The largest absolute Gasteiger partial charge is 0.355 e. The minimum Gasteiger partial charge on any atom is -0.355 e. The van der Waals surface area contributed by atoms with Crippen molar-refractivity contribution < 1.29 is 9.59 Å². The van der Waals surface area contributed by atoms with Crippen LogP contribution < -0.4 is 10.6 Å². The highest BCUT2D eigenvalue weighted by Gasteiger charge is 2.12. The summed E-state index contributed by atoms with van der Waals surface area (Å²) in [5, 5.41) is 5.21. The SMILES string of the molecule is CCNC(=O)CNC(=O)c1cc(C)sc1C. The first-order valence-electron chi connectivity index (χ1n) is 5.16. The highest BCUT2D eigenvalue weighted by Crippen LogP contribution is 2.20. The first-order valence-corrected chi connectivity index (χ1v) is 5.98. The van der Waals surface area contributed by atoms with Crippen molar-refractivity contribution in [2.24, 2.45) is 0 Å². The van der Waals surface area contributed by atoms with Gasteiger partial charge in [-0.15, -0.1) is 11.3 Å². The Morgan fingerprint density at radius 1 is 1.31 bits per heavy atom. The number of carbonyl (C=O) groups is 2. The second-order valence-corrected chi connectivity index (χ2v) is 4.92. The first-order chi connectivity index (χ1) is 7.54. The molecule has 0 aliphatic carbocycles. The molecule has 88 valence electrons. The van der Waals surface area contributed by atoms with Gasteiger partial charge in [0, 0.05) is 16.3 Å². The molecule has 0 atom stereocenters. The van der Waals surface area contributed by atoms with Crippen LogP contribution in [0.5, 0.6) is 0 Å². The van der Waals surface area contributed by atoms with E-state index >= 15 is 0 Å². The molecule has 5 heteroatoms. The summed E-state index contributed by atoms with van der Waals surface area (Å²) in [7, 11) is 0. The molecule has 0 fully saturated rings. The van der Waals surface area contributed by atoms with Crippen molar-refractivity contribution in [1.29, 1.82) is 0 Å². The summed E-state index contributed by atoms with van der Waals surface area (Å²) >= 11 is 1.58. The monoisotopic (exact) mass is 240 g/mol. The van der Waals surface area contributed by atoms with E-state index in [1.165, 1.54) is 0 Å². The third-order valence-corrected chi connectivity index (χ3v) is 3.03. The fourth-order valence-electron chi connectivity index (χ4n) is 1.37. The summed E-state index contributed by atoms with van der Waals surface area (Å²) in [4.78, 5) is 24.9. The van der Waals surface area contributed by atoms with Gasteiger partial charge in [0.1, 0.15) is 0 Å². The fraction of sp³-hybridized carbons (Fsp3) is 0.455. The van der Waals surface area contributed by atoms with Crippen molar-refractivity contribution in [2.45, 2.75) is 20.8 Å². The number of aryl methyl sites for hydroxylation is 2. The van der Waals surface area contributed by atoms with E-state index < -0.39 is 0 Å². The lowest BCUT2D eigenvalue weighted by atomic mass is 10.2. The number of thiophene rings is 1. The molecule has 16 heavy (non-hydrogen) atoms. The lowest BCUT2D eigenvalue weighted by Crippen LogP contribution is -2.36. The second kappa shape index (κ2) is 5.65. The molecule has 0 saturated heterocycles. The third kappa shape index (κ3) is 3.34. The van der Waals surface area contributed by atoms with Crippen molar-refractivity contribution in [3.8, 4) is 0 Å².